The Bertz CT molecular complexity index is 886. The molecule has 0 spiro atoms. The van der Waals surface area contributed by atoms with Gasteiger partial charge in [0.2, 0.25) is 0 Å². The van der Waals surface area contributed by atoms with E-state index in [1.54, 1.807) is 24.3 Å². The average Bonchev–Trinajstić information content (AvgIpc) is 2.98. The van der Waals surface area contributed by atoms with Crippen LogP contribution in [0.5, 0.6) is 5.75 Å². The Morgan fingerprint density at radius 2 is 1.96 bits per heavy atom. The molecule has 0 saturated heterocycles. The highest BCUT2D eigenvalue weighted by molar-refractivity contribution is 5.88. The molecule has 3 aromatic rings. The molecule has 24 heavy (non-hydrogen) atoms. The number of carbonyl (C=O) groups is 1. The Labute approximate surface area is 139 Å². The number of fused-ring (bicyclic) bond motifs is 1. The van der Waals surface area contributed by atoms with Gasteiger partial charge in [-0.1, -0.05) is 19.4 Å². The number of carboxylic acid groups (broad SMARTS) is 1. The van der Waals surface area contributed by atoms with E-state index in [9.17, 15) is 4.79 Å². The minimum atomic E-state index is -0.976. The van der Waals surface area contributed by atoms with Gasteiger partial charge in [0.15, 0.2) is 0 Å². The maximum Gasteiger partial charge on any atom is 0.335 e. The van der Waals surface area contributed by atoms with E-state index in [-0.39, 0.29) is 5.56 Å². The molecule has 0 aliphatic heterocycles. The molecule has 0 aliphatic carbocycles. The first-order chi connectivity index (χ1) is 11.6. The minimum Gasteiger partial charge on any atom is -0.493 e. The van der Waals surface area contributed by atoms with Gasteiger partial charge in [0.1, 0.15) is 16.8 Å². The topological polar surface area (TPSA) is 77.2 Å². The van der Waals surface area contributed by atoms with Crippen molar-refractivity contribution >= 4 is 17.0 Å². The molecule has 124 valence electrons. The number of carboxylic acids is 1. The van der Waals surface area contributed by atoms with Crippen molar-refractivity contribution in [2.75, 3.05) is 6.61 Å². The summed E-state index contributed by atoms with van der Waals surface area (Å²) >= 11 is 0. The van der Waals surface area contributed by atoms with Crippen LogP contribution in [0.15, 0.2) is 36.4 Å². The van der Waals surface area contributed by atoms with E-state index in [2.05, 4.69) is 17.1 Å². The lowest BCUT2D eigenvalue weighted by atomic mass is 10.2. The van der Waals surface area contributed by atoms with Crippen molar-refractivity contribution in [3.8, 4) is 11.4 Å². The molecule has 0 atom stereocenters. The number of nitrogens with zero attached hydrogens (tertiary/aromatic N) is 3. The fraction of sp³-hybridized carbons (Fsp3) is 0.278. The van der Waals surface area contributed by atoms with Crippen LogP contribution < -0.4 is 4.74 Å². The van der Waals surface area contributed by atoms with E-state index in [0.717, 1.165) is 29.7 Å². The van der Waals surface area contributed by atoms with Gasteiger partial charge in [0.05, 0.1) is 17.9 Å². The third-order valence-corrected chi connectivity index (χ3v) is 3.76. The highest BCUT2D eigenvalue weighted by Gasteiger charge is 2.11. The second-order valence-corrected chi connectivity index (χ2v) is 5.65. The number of aromatic carboxylic acids is 1. The zero-order valence-corrected chi connectivity index (χ0v) is 13.7. The third kappa shape index (κ3) is 3.22. The first-order valence-electron chi connectivity index (χ1n) is 7.92. The molecule has 6 nitrogen and oxygen atoms in total. The van der Waals surface area contributed by atoms with Crippen LogP contribution in [0.2, 0.25) is 0 Å². The van der Waals surface area contributed by atoms with Crippen LogP contribution in [0.3, 0.4) is 0 Å². The summed E-state index contributed by atoms with van der Waals surface area (Å²) in [6.07, 6.45) is 2.09. The molecule has 0 aliphatic rings. The molecule has 0 amide bonds. The molecule has 1 N–H and O–H groups in total. The third-order valence-electron chi connectivity index (χ3n) is 3.76. The fourth-order valence-electron chi connectivity index (χ4n) is 2.41. The normalized spacial score (nSPS) is 10.9. The Morgan fingerprint density at radius 3 is 2.67 bits per heavy atom. The number of benzene rings is 2. The highest BCUT2D eigenvalue weighted by atomic mass is 16.5. The lowest BCUT2D eigenvalue weighted by Crippen LogP contribution is -2.02. The van der Waals surface area contributed by atoms with Gasteiger partial charge in [-0.05, 0) is 43.2 Å². The van der Waals surface area contributed by atoms with E-state index >= 15 is 0 Å². The van der Waals surface area contributed by atoms with Crippen LogP contribution in [0.25, 0.3) is 16.7 Å². The lowest BCUT2D eigenvalue weighted by molar-refractivity contribution is 0.0697. The number of unbranched alkanes of at least 4 members (excludes halogenated alkanes) is 1. The first-order valence-corrected chi connectivity index (χ1v) is 7.92. The second-order valence-electron chi connectivity index (χ2n) is 5.65. The van der Waals surface area contributed by atoms with Crippen LogP contribution >= 0.6 is 0 Å². The van der Waals surface area contributed by atoms with Crippen LogP contribution in [-0.2, 0) is 0 Å². The molecule has 1 aromatic heterocycles. The largest absolute Gasteiger partial charge is 0.493 e. The molecular weight excluding hydrogens is 306 g/mol. The van der Waals surface area contributed by atoms with Crippen molar-refractivity contribution < 1.29 is 14.6 Å². The maximum atomic E-state index is 11.1. The molecule has 0 saturated carbocycles. The molecule has 6 heteroatoms. The van der Waals surface area contributed by atoms with Gasteiger partial charge in [-0.25, -0.2) is 4.79 Å². The average molecular weight is 325 g/mol. The van der Waals surface area contributed by atoms with Gasteiger partial charge in [-0.15, -0.1) is 10.2 Å². The second kappa shape index (κ2) is 6.70. The van der Waals surface area contributed by atoms with Crippen molar-refractivity contribution in [1.29, 1.82) is 0 Å². The lowest BCUT2D eigenvalue weighted by Gasteiger charge is -2.07. The Hall–Kier alpha value is -2.89. The van der Waals surface area contributed by atoms with Gasteiger partial charge in [0, 0.05) is 6.07 Å². The summed E-state index contributed by atoms with van der Waals surface area (Å²) < 4.78 is 5.80. The van der Waals surface area contributed by atoms with Crippen molar-refractivity contribution in [3.05, 3.63) is 47.5 Å². The standard InChI is InChI=1S/C18H19N3O3/c1-3-4-8-24-17-11-16-15(9-12(17)2)19-21(20-16)14-7-5-6-13(10-14)18(22)23/h5-7,9-11H,3-4,8H2,1-2H3,(H,22,23). The number of hydrogen-bond acceptors (Lipinski definition) is 4. The molecule has 3 rings (SSSR count). The van der Waals surface area contributed by atoms with Crippen molar-refractivity contribution in [2.45, 2.75) is 26.7 Å². The Balaban J connectivity index is 1.96. The molecule has 0 fully saturated rings. The molecule has 0 unspecified atom stereocenters. The van der Waals surface area contributed by atoms with E-state index < -0.39 is 5.97 Å². The van der Waals surface area contributed by atoms with Crippen molar-refractivity contribution in [2.24, 2.45) is 0 Å². The molecule has 1 heterocycles. The first kappa shape index (κ1) is 16.0. The maximum absolute atomic E-state index is 11.1. The van der Waals surface area contributed by atoms with Crippen LogP contribution in [0, 0.1) is 6.92 Å². The van der Waals surface area contributed by atoms with Gasteiger partial charge in [-0.3, -0.25) is 0 Å². The quantitative estimate of drug-likeness (QED) is 0.701. The summed E-state index contributed by atoms with van der Waals surface area (Å²) in [6, 6.07) is 10.4. The van der Waals surface area contributed by atoms with Crippen molar-refractivity contribution in [3.63, 3.8) is 0 Å². The fourth-order valence-corrected chi connectivity index (χ4v) is 2.41. The zero-order valence-electron chi connectivity index (χ0n) is 13.7. The van der Waals surface area contributed by atoms with Crippen LogP contribution in [0.1, 0.15) is 35.7 Å². The molecule has 0 radical (unpaired) electrons. The number of ether oxygens (including phenoxy) is 1. The number of aromatic nitrogens is 3. The SMILES string of the molecule is CCCCOc1cc2nn(-c3cccc(C(=O)O)c3)nc2cc1C. The van der Waals surface area contributed by atoms with Crippen LogP contribution in [0.4, 0.5) is 0 Å². The summed E-state index contributed by atoms with van der Waals surface area (Å²) in [5.74, 6) is -0.168. The van der Waals surface area contributed by atoms with Crippen molar-refractivity contribution in [1.82, 2.24) is 15.0 Å². The number of rotatable bonds is 6. The number of aryl methyl sites for hydroxylation is 1. The predicted molar refractivity (Wildman–Crippen MR) is 91.0 cm³/mol. The van der Waals surface area contributed by atoms with E-state index in [4.69, 9.17) is 9.84 Å². The zero-order chi connectivity index (χ0) is 17.1. The summed E-state index contributed by atoms with van der Waals surface area (Å²) in [5.41, 5.74) is 3.28. The smallest absolute Gasteiger partial charge is 0.335 e. The highest BCUT2D eigenvalue weighted by Crippen LogP contribution is 2.24. The van der Waals surface area contributed by atoms with E-state index in [1.165, 1.54) is 4.80 Å². The summed E-state index contributed by atoms with van der Waals surface area (Å²) in [7, 11) is 0. The number of hydrogen-bond donors (Lipinski definition) is 1. The van der Waals surface area contributed by atoms with Gasteiger partial charge in [-0.2, -0.15) is 4.80 Å². The predicted octanol–water partition coefficient (Wildman–Crippen LogP) is 3.61. The van der Waals surface area contributed by atoms with Gasteiger partial charge >= 0.3 is 5.97 Å². The van der Waals surface area contributed by atoms with Gasteiger partial charge < -0.3 is 9.84 Å². The molecular formula is C18H19N3O3. The van der Waals surface area contributed by atoms with E-state index in [1.807, 2.05) is 19.1 Å². The summed E-state index contributed by atoms with van der Waals surface area (Å²) in [5, 5.41) is 18.0. The Morgan fingerprint density at radius 1 is 1.21 bits per heavy atom. The van der Waals surface area contributed by atoms with Gasteiger partial charge in [0.25, 0.3) is 0 Å². The summed E-state index contributed by atoms with van der Waals surface area (Å²) in [4.78, 5) is 12.6. The monoisotopic (exact) mass is 325 g/mol. The van der Waals surface area contributed by atoms with E-state index in [0.29, 0.717) is 17.8 Å². The molecule has 0 bridgehead atoms. The minimum absolute atomic E-state index is 0.202. The van der Waals surface area contributed by atoms with Crippen LogP contribution in [-0.4, -0.2) is 32.7 Å². The summed E-state index contributed by atoms with van der Waals surface area (Å²) in [6.45, 7) is 4.78. The molecule has 2 aromatic carbocycles. The Kier molecular flexibility index (Phi) is 4.46.